The van der Waals surface area contributed by atoms with Gasteiger partial charge in [0.2, 0.25) is 0 Å². The summed E-state index contributed by atoms with van der Waals surface area (Å²) >= 11 is 5.87. The maximum absolute atomic E-state index is 13.8. The second-order valence-corrected chi connectivity index (χ2v) is 9.01. The monoisotopic (exact) mass is 352 g/mol. The first-order valence-corrected chi connectivity index (χ1v) is 9.50. The molecule has 2 nitrogen and oxygen atoms in total. The first kappa shape index (κ1) is 16.5. The molecule has 0 fully saturated rings. The average Bonchev–Trinajstić information content (AvgIpc) is 2.68. The molecule has 1 aliphatic rings. The van der Waals surface area contributed by atoms with Crippen LogP contribution < -0.4 is 0 Å². The first-order chi connectivity index (χ1) is 10.8. The van der Waals surface area contributed by atoms with Crippen molar-refractivity contribution in [3.8, 4) is 0 Å². The molecule has 0 saturated heterocycles. The van der Waals surface area contributed by atoms with E-state index in [9.17, 15) is 12.8 Å². The largest absolute Gasteiger partial charge is 0.223 e. The second-order valence-electron chi connectivity index (χ2n) is 6.20. The Morgan fingerprint density at radius 2 is 1.78 bits per heavy atom. The van der Waals surface area contributed by atoms with Gasteiger partial charge in [0.05, 0.1) is 9.64 Å². The molecule has 0 amide bonds. The molecule has 0 saturated carbocycles. The smallest absolute Gasteiger partial charge is 0.187 e. The van der Waals surface area contributed by atoms with Gasteiger partial charge in [0.15, 0.2) is 9.84 Å². The SMILES string of the molecule is CC1(S(=O)(=O)c2ccc(Cl)cc2)CCCCc2ccc(F)cc21. The lowest BCUT2D eigenvalue weighted by molar-refractivity contribution is 0.506. The summed E-state index contributed by atoms with van der Waals surface area (Å²) in [6, 6.07) is 10.7. The number of fused-ring (bicyclic) bond motifs is 1. The molecule has 3 rings (SSSR count). The Kier molecular flexibility index (Phi) is 4.23. The predicted octanol–water partition coefficient (Wildman–Crippen LogP) is 4.89. The minimum absolute atomic E-state index is 0.224. The third-order valence-corrected chi connectivity index (χ3v) is 7.46. The van der Waals surface area contributed by atoms with E-state index in [1.165, 1.54) is 24.3 Å². The third-order valence-electron chi connectivity index (χ3n) is 4.71. The Labute approximate surface area is 141 Å². The van der Waals surface area contributed by atoms with Crippen molar-refractivity contribution >= 4 is 21.4 Å². The van der Waals surface area contributed by atoms with Gasteiger partial charge in [-0.2, -0.15) is 0 Å². The van der Waals surface area contributed by atoms with E-state index in [-0.39, 0.29) is 4.90 Å². The number of sulfone groups is 1. The molecule has 5 heteroatoms. The Balaban J connectivity index is 2.21. The number of rotatable bonds is 2. The molecule has 2 aromatic rings. The first-order valence-electron chi connectivity index (χ1n) is 7.64. The van der Waals surface area contributed by atoms with E-state index < -0.39 is 20.4 Å². The van der Waals surface area contributed by atoms with Crippen LogP contribution in [0.2, 0.25) is 5.02 Å². The highest BCUT2D eigenvalue weighted by atomic mass is 35.5. The van der Waals surface area contributed by atoms with Gasteiger partial charge in [-0.1, -0.05) is 24.1 Å². The van der Waals surface area contributed by atoms with Crippen molar-refractivity contribution in [2.24, 2.45) is 0 Å². The number of halogens is 2. The number of hydrogen-bond donors (Lipinski definition) is 0. The molecular weight excluding hydrogens is 335 g/mol. The van der Waals surface area contributed by atoms with Crippen LogP contribution in [0.3, 0.4) is 0 Å². The van der Waals surface area contributed by atoms with Gasteiger partial charge in [0.1, 0.15) is 5.82 Å². The van der Waals surface area contributed by atoms with Crippen molar-refractivity contribution in [2.45, 2.75) is 42.2 Å². The van der Waals surface area contributed by atoms with Crippen molar-refractivity contribution < 1.29 is 12.8 Å². The molecule has 1 unspecified atom stereocenters. The van der Waals surface area contributed by atoms with Crippen LogP contribution in [0.15, 0.2) is 47.4 Å². The summed E-state index contributed by atoms with van der Waals surface area (Å²) < 4.78 is 39.2. The Morgan fingerprint density at radius 3 is 2.48 bits per heavy atom. The van der Waals surface area contributed by atoms with Crippen molar-refractivity contribution in [3.05, 3.63) is 64.4 Å². The van der Waals surface area contributed by atoms with Crippen molar-refractivity contribution in [1.82, 2.24) is 0 Å². The van der Waals surface area contributed by atoms with Crippen LogP contribution in [0.25, 0.3) is 0 Å². The van der Waals surface area contributed by atoms with Gasteiger partial charge in [-0.25, -0.2) is 12.8 Å². The highest BCUT2D eigenvalue weighted by molar-refractivity contribution is 7.92. The van der Waals surface area contributed by atoms with E-state index in [1.54, 1.807) is 25.1 Å². The summed E-state index contributed by atoms with van der Waals surface area (Å²) in [5.74, 6) is -0.400. The molecule has 0 aliphatic heterocycles. The zero-order valence-corrected chi connectivity index (χ0v) is 14.4. The minimum atomic E-state index is -3.66. The number of benzene rings is 2. The summed E-state index contributed by atoms with van der Waals surface area (Å²) in [4.78, 5) is 0.224. The molecule has 122 valence electrons. The van der Waals surface area contributed by atoms with Gasteiger partial charge in [-0.05, 0) is 73.7 Å². The highest BCUT2D eigenvalue weighted by Gasteiger charge is 2.43. The molecule has 23 heavy (non-hydrogen) atoms. The summed E-state index contributed by atoms with van der Waals surface area (Å²) in [6.07, 6.45) is 2.96. The third kappa shape index (κ3) is 2.79. The molecule has 0 radical (unpaired) electrons. The van der Waals surface area contributed by atoms with Crippen LogP contribution in [0.1, 0.15) is 37.3 Å². The predicted molar refractivity (Wildman–Crippen MR) is 89.9 cm³/mol. The van der Waals surface area contributed by atoms with E-state index in [4.69, 9.17) is 11.6 Å². The van der Waals surface area contributed by atoms with Gasteiger partial charge in [-0.3, -0.25) is 0 Å². The van der Waals surface area contributed by atoms with Gasteiger partial charge >= 0.3 is 0 Å². The van der Waals surface area contributed by atoms with E-state index in [0.29, 0.717) is 17.0 Å². The molecule has 0 aromatic heterocycles. The van der Waals surface area contributed by atoms with Gasteiger partial charge in [0.25, 0.3) is 0 Å². The van der Waals surface area contributed by atoms with Crippen LogP contribution >= 0.6 is 11.6 Å². The van der Waals surface area contributed by atoms with Crippen LogP contribution in [-0.4, -0.2) is 8.42 Å². The molecule has 1 aliphatic carbocycles. The quantitative estimate of drug-likeness (QED) is 0.721. The summed E-state index contributed by atoms with van der Waals surface area (Å²) in [7, 11) is -3.66. The van der Waals surface area contributed by atoms with Gasteiger partial charge < -0.3 is 0 Å². The topological polar surface area (TPSA) is 34.1 Å². The Morgan fingerprint density at radius 1 is 1.09 bits per heavy atom. The molecular formula is C18H18ClFO2S. The normalized spacial score (nSPS) is 21.5. The fraction of sp³-hybridized carbons (Fsp3) is 0.333. The lowest BCUT2D eigenvalue weighted by Gasteiger charge is -2.30. The van der Waals surface area contributed by atoms with E-state index >= 15 is 0 Å². The fourth-order valence-corrected chi connectivity index (χ4v) is 5.36. The van der Waals surface area contributed by atoms with Gasteiger partial charge in [0, 0.05) is 5.02 Å². The molecule has 2 aromatic carbocycles. The summed E-state index contributed by atoms with van der Waals surface area (Å²) in [5.41, 5.74) is 1.51. The van der Waals surface area contributed by atoms with E-state index in [1.807, 2.05) is 0 Å². The summed E-state index contributed by atoms with van der Waals surface area (Å²) in [5, 5.41) is 0.487. The number of hydrogen-bond acceptors (Lipinski definition) is 2. The van der Waals surface area contributed by atoms with Gasteiger partial charge in [-0.15, -0.1) is 0 Å². The Bertz CT molecular complexity index is 831. The molecule has 0 heterocycles. The zero-order chi connectivity index (χ0) is 16.7. The average molecular weight is 353 g/mol. The fourth-order valence-electron chi connectivity index (χ4n) is 3.32. The highest BCUT2D eigenvalue weighted by Crippen LogP contribution is 2.43. The van der Waals surface area contributed by atoms with Crippen molar-refractivity contribution in [1.29, 1.82) is 0 Å². The van der Waals surface area contributed by atoms with Crippen molar-refractivity contribution in [2.75, 3.05) is 0 Å². The van der Waals surface area contributed by atoms with Crippen LogP contribution in [0.4, 0.5) is 4.39 Å². The van der Waals surface area contributed by atoms with Crippen LogP contribution in [0.5, 0.6) is 0 Å². The maximum atomic E-state index is 13.8. The lowest BCUT2D eigenvalue weighted by atomic mass is 9.93. The molecule has 0 bridgehead atoms. The zero-order valence-electron chi connectivity index (χ0n) is 12.9. The molecule has 1 atom stereocenters. The number of aryl methyl sites for hydroxylation is 1. The van der Waals surface area contributed by atoms with Crippen molar-refractivity contribution in [3.63, 3.8) is 0 Å². The Hall–Kier alpha value is -1.39. The van der Waals surface area contributed by atoms with Crippen LogP contribution in [0, 0.1) is 5.82 Å². The van der Waals surface area contributed by atoms with E-state index in [0.717, 1.165) is 24.8 Å². The maximum Gasteiger partial charge on any atom is 0.187 e. The minimum Gasteiger partial charge on any atom is -0.223 e. The van der Waals surface area contributed by atoms with E-state index in [2.05, 4.69) is 0 Å². The molecule has 0 spiro atoms. The lowest BCUT2D eigenvalue weighted by Crippen LogP contribution is -2.33. The standard InChI is InChI=1S/C18H18ClFO2S/c1-18(23(21,22)16-9-6-14(19)7-10-16)11-3-2-4-13-5-8-15(20)12-17(13)18/h5-10,12H,2-4,11H2,1H3. The summed E-state index contributed by atoms with van der Waals surface area (Å²) in [6.45, 7) is 1.71. The van der Waals surface area contributed by atoms with Crippen LogP contribution in [-0.2, 0) is 21.0 Å². The second kappa shape index (κ2) is 5.91. The molecule has 0 N–H and O–H groups in total.